The maximum Gasteiger partial charge on any atom is 0.101 e. The van der Waals surface area contributed by atoms with Gasteiger partial charge in [-0.2, -0.15) is 5.26 Å². The van der Waals surface area contributed by atoms with E-state index in [1.165, 1.54) is 32.1 Å². The van der Waals surface area contributed by atoms with Crippen LogP contribution in [0.3, 0.4) is 0 Å². The van der Waals surface area contributed by atoms with Crippen molar-refractivity contribution in [1.29, 1.82) is 5.26 Å². The van der Waals surface area contributed by atoms with Gasteiger partial charge in [0.25, 0.3) is 0 Å². The van der Waals surface area contributed by atoms with Crippen LogP contribution in [0.2, 0.25) is 5.02 Å². The Balaban J connectivity index is 2.00. The average molecular weight is 263 g/mol. The molecule has 1 unspecified atom stereocenters. The fourth-order valence-electron chi connectivity index (χ4n) is 2.71. The van der Waals surface area contributed by atoms with Crippen molar-refractivity contribution in [3.05, 3.63) is 28.8 Å². The molecular weight excluding hydrogens is 244 g/mol. The molecule has 1 aromatic carbocycles. The molecule has 0 radical (unpaired) electrons. The number of nitrogens with zero attached hydrogens (tertiary/aromatic N) is 1. The Kier molecular flexibility index (Phi) is 4.49. The highest BCUT2D eigenvalue weighted by Crippen LogP contribution is 2.29. The van der Waals surface area contributed by atoms with Crippen molar-refractivity contribution in [1.82, 2.24) is 0 Å². The van der Waals surface area contributed by atoms with Gasteiger partial charge in [0, 0.05) is 11.7 Å². The average Bonchev–Trinajstić information content (AvgIpc) is 2.40. The van der Waals surface area contributed by atoms with E-state index in [-0.39, 0.29) is 0 Å². The molecule has 1 atom stereocenters. The molecule has 1 aromatic rings. The Morgan fingerprint density at radius 3 is 2.67 bits per heavy atom. The van der Waals surface area contributed by atoms with Crippen molar-refractivity contribution in [2.24, 2.45) is 5.92 Å². The van der Waals surface area contributed by atoms with E-state index in [0.717, 1.165) is 11.6 Å². The summed E-state index contributed by atoms with van der Waals surface area (Å²) in [6.07, 6.45) is 6.72. The molecule has 18 heavy (non-hydrogen) atoms. The molecule has 0 saturated heterocycles. The van der Waals surface area contributed by atoms with Crippen LogP contribution in [-0.2, 0) is 0 Å². The second-order valence-corrected chi connectivity index (χ2v) is 5.54. The molecule has 0 aliphatic heterocycles. The monoisotopic (exact) mass is 262 g/mol. The predicted molar refractivity (Wildman–Crippen MR) is 75.8 cm³/mol. The summed E-state index contributed by atoms with van der Waals surface area (Å²) >= 11 is 6.04. The van der Waals surface area contributed by atoms with E-state index in [1.54, 1.807) is 6.07 Å². The molecule has 1 aliphatic carbocycles. The molecule has 0 aromatic heterocycles. The zero-order valence-corrected chi connectivity index (χ0v) is 11.5. The van der Waals surface area contributed by atoms with Crippen LogP contribution in [-0.4, -0.2) is 6.04 Å². The van der Waals surface area contributed by atoms with Gasteiger partial charge in [-0.3, -0.25) is 0 Å². The van der Waals surface area contributed by atoms with Crippen LogP contribution in [0.1, 0.15) is 44.6 Å². The minimum atomic E-state index is 0.467. The van der Waals surface area contributed by atoms with Gasteiger partial charge in [0.1, 0.15) is 6.07 Å². The lowest BCUT2D eigenvalue weighted by atomic mass is 9.84. The van der Waals surface area contributed by atoms with E-state index in [9.17, 15) is 0 Å². The first-order chi connectivity index (χ1) is 8.70. The van der Waals surface area contributed by atoms with Crippen LogP contribution in [0.15, 0.2) is 18.2 Å². The summed E-state index contributed by atoms with van der Waals surface area (Å²) in [7, 11) is 0. The smallest absolute Gasteiger partial charge is 0.101 e. The van der Waals surface area contributed by atoms with E-state index in [4.69, 9.17) is 16.9 Å². The van der Waals surface area contributed by atoms with E-state index in [1.807, 2.05) is 12.1 Å². The molecular formula is C15H19ClN2. The van der Waals surface area contributed by atoms with Crippen LogP contribution >= 0.6 is 11.6 Å². The van der Waals surface area contributed by atoms with Crippen molar-refractivity contribution in [3.8, 4) is 6.07 Å². The van der Waals surface area contributed by atoms with E-state index < -0.39 is 0 Å². The molecule has 3 heteroatoms. The summed E-state index contributed by atoms with van der Waals surface area (Å²) in [5, 5.41) is 12.9. The van der Waals surface area contributed by atoms with Crippen molar-refractivity contribution < 1.29 is 0 Å². The van der Waals surface area contributed by atoms with Gasteiger partial charge in [-0.1, -0.05) is 30.9 Å². The van der Waals surface area contributed by atoms with Gasteiger partial charge in [0.05, 0.1) is 10.6 Å². The highest BCUT2D eigenvalue weighted by Gasteiger charge is 2.19. The van der Waals surface area contributed by atoms with Crippen LogP contribution in [0, 0.1) is 17.2 Å². The van der Waals surface area contributed by atoms with Crippen molar-refractivity contribution in [3.63, 3.8) is 0 Å². The summed E-state index contributed by atoms with van der Waals surface area (Å²) in [5.74, 6) is 0.758. The minimum Gasteiger partial charge on any atom is -0.382 e. The zero-order chi connectivity index (χ0) is 13.0. The lowest BCUT2D eigenvalue weighted by molar-refractivity contribution is 0.328. The van der Waals surface area contributed by atoms with Gasteiger partial charge in [-0.25, -0.2) is 0 Å². The molecule has 1 fully saturated rings. The Bertz CT molecular complexity index is 444. The van der Waals surface area contributed by atoms with Gasteiger partial charge in [-0.05, 0) is 43.9 Å². The minimum absolute atomic E-state index is 0.467. The second-order valence-electron chi connectivity index (χ2n) is 5.14. The van der Waals surface area contributed by atoms with Gasteiger partial charge >= 0.3 is 0 Å². The predicted octanol–water partition coefficient (Wildman–Crippen LogP) is 4.59. The Labute approximate surface area is 114 Å². The molecule has 96 valence electrons. The molecule has 1 saturated carbocycles. The van der Waals surface area contributed by atoms with Crippen LogP contribution < -0.4 is 5.32 Å². The molecule has 0 bridgehead atoms. The summed E-state index contributed by atoms with van der Waals surface area (Å²) in [4.78, 5) is 0. The van der Waals surface area contributed by atoms with Crippen LogP contribution in [0.25, 0.3) is 0 Å². The number of nitrogens with one attached hydrogen (secondary N) is 1. The number of rotatable bonds is 3. The van der Waals surface area contributed by atoms with E-state index in [0.29, 0.717) is 16.6 Å². The molecule has 0 heterocycles. The lowest BCUT2D eigenvalue weighted by Gasteiger charge is -2.29. The van der Waals surface area contributed by atoms with Crippen LogP contribution in [0.5, 0.6) is 0 Å². The van der Waals surface area contributed by atoms with Crippen LogP contribution in [0.4, 0.5) is 5.69 Å². The number of hydrogen-bond donors (Lipinski definition) is 1. The molecule has 1 N–H and O–H groups in total. The maximum atomic E-state index is 8.84. The molecule has 2 nitrogen and oxygen atoms in total. The SMILES string of the molecule is CC(Nc1ccc(C#N)c(Cl)c1)C1CCCCC1. The highest BCUT2D eigenvalue weighted by molar-refractivity contribution is 6.32. The largest absolute Gasteiger partial charge is 0.382 e. The second kappa shape index (κ2) is 6.11. The number of anilines is 1. The summed E-state index contributed by atoms with van der Waals surface area (Å²) in [5.41, 5.74) is 1.55. The van der Waals surface area contributed by atoms with Gasteiger partial charge < -0.3 is 5.32 Å². The van der Waals surface area contributed by atoms with Crippen molar-refractivity contribution in [2.45, 2.75) is 45.1 Å². The van der Waals surface area contributed by atoms with E-state index >= 15 is 0 Å². The van der Waals surface area contributed by atoms with E-state index in [2.05, 4.69) is 18.3 Å². The summed E-state index contributed by atoms with van der Waals surface area (Å²) < 4.78 is 0. The Hall–Kier alpha value is -1.20. The van der Waals surface area contributed by atoms with Gasteiger partial charge in [0.15, 0.2) is 0 Å². The lowest BCUT2D eigenvalue weighted by Crippen LogP contribution is -2.27. The number of hydrogen-bond acceptors (Lipinski definition) is 2. The van der Waals surface area contributed by atoms with Gasteiger partial charge in [0.2, 0.25) is 0 Å². The molecule has 1 aliphatic rings. The van der Waals surface area contributed by atoms with Crippen molar-refractivity contribution in [2.75, 3.05) is 5.32 Å². The number of halogens is 1. The van der Waals surface area contributed by atoms with Crippen molar-refractivity contribution >= 4 is 17.3 Å². The standard InChI is InChI=1S/C15H19ClN2/c1-11(12-5-3-2-4-6-12)18-14-8-7-13(10-17)15(16)9-14/h7-9,11-12,18H,2-6H2,1H3. The first-order valence-corrected chi connectivity index (χ1v) is 7.04. The summed E-state index contributed by atoms with van der Waals surface area (Å²) in [6.45, 7) is 2.24. The maximum absolute atomic E-state index is 8.84. The quantitative estimate of drug-likeness (QED) is 0.865. The Morgan fingerprint density at radius 2 is 2.06 bits per heavy atom. The third-order valence-electron chi connectivity index (χ3n) is 3.84. The number of nitriles is 1. The summed E-state index contributed by atoms with van der Waals surface area (Å²) in [6, 6.07) is 8.10. The molecule has 2 rings (SSSR count). The first-order valence-electron chi connectivity index (χ1n) is 6.67. The first kappa shape index (κ1) is 13.2. The number of benzene rings is 1. The highest BCUT2D eigenvalue weighted by atomic mass is 35.5. The normalized spacial score (nSPS) is 18.1. The fraction of sp³-hybridized carbons (Fsp3) is 0.533. The topological polar surface area (TPSA) is 35.8 Å². The third kappa shape index (κ3) is 3.17. The molecule has 0 spiro atoms. The zero-order valence-electron chi connectivity index (χ0n) is 10.7. The Morgan fingerprint density at radius 1 is 1.33 bits per heavy atom. The fourth-order valence-corrected chi connectivity index (χ4v) is 2.93. The molecule has 0 amide bonds. The third-order valence-corrected chi connectivity index (χ3v) is 4.15. The van der Waals surface area contributed by atoms with Gasteiger partial charge in [-0.15, -0.1) is 0 Å².